The van der Waals surface area contributed by atoms with Crippen LogP contribution in [0.5, 0.6) is 11.5 Å². The monoisotopic (exact) mass is 239 g/mol. The number of methoxy groups -OCH3 is 2. The SMILES string of the molecule is COc1ccc(C2CSCCN2)cc1OC. The van der Waals surface area contributed by atoms with Gasteiger partial charge in [0.05, 0.1) is 14.2 Å². The molecular weight excluding hydrogens is 222 g/mol. The van der Waals surface area contributed by atoms with Gasteiger partial charge in [0, 0.05) is 24.1 Å². The molecule has 4 heteroatoms. The highest BCUT2D eigenvalue weighted by atomic mass is 32.2. The van der Waals surface area contributed by atoms with Gasteiger partial charge in [-0.2, -0.15) is 11.8 Å². The van der Waals surface area contributed by atoms with Crippen LogP contribution in [-0.2, 0) is 0 Å². The topological polar surface area (TPSA) is 30.5 Å². The summed E-state index contributed by atoms with van der Waals surface area (Å²) in [5.74, 6) is 3.91. The number of thioether (sulfide) groups is 1. The Bertz CT molecular complexity index is 351. The van der Waals surface area contributed by atoms with Crippen molar-refractivity contribution in [2.75, 3.05) is 32.3 Å². The zero-order valence-corrected chi connectivity index (χ0v) is 10.5. The van der Waals surface area contributed by atoms with Crippen molar-refractivity contribution < 1.29 is 9.47 Å². The van der Waals surface area contributed by atoms with Crippen molar-refractivity contribution in [3.63, 3.8) is 0 Å². The highest BCUT2D eigenvalue weighted by Crippen LogP contribution is 2.31. The third-order valence-corrected chi connectivity index (χ3v) is 3.79. The van der Waals surface area contributed by atoms with Crippen molar-refractivity contribution in [1.29, 1.82) is 0 Å². The van der Waals surface area contributed by atoms with Crippen LogP contribution in [0, 0.1) is 0 Å². The van der Waals surface area contributed by atoms with Crippen LogP contribution in [0.1, 0.15) is 11.6 Å². The first-order valence-corrected chi connectivity index (χ1v) is 6.53. The van der Waals surface area contributed by atoms with E-state index in [2.05, 4.69) is 17.4 Å². The Hall–Kier alpha value is -0.870. The molecule has 1 saturated heterocycles. The van der Waals surface area contributed by atoms with Crippen LogP contribution in [0.2, 0.25) is 0 Å². The highest BCUT2D eigenvalue weighted by molar-refractivity contribution is 7.99. The Balaban J connectivity index is 2.20. The van der Waals surface area contributed by atoms with E-state index in [4.69, 9.17) is 9.47 Å². The van der Waals surface area contributed by atoms with Crippen molar-refractivity contribution in [3.8, 4) is 11.5 Å². The van der Waals surface area contributed by atoms with Crippen molar-refractivity contribution >= 4 is 11.8 Å². The van der Waals surface area contributed by atoms with Crippen LogP contribution < -0.4 is 14.8 Å². The summed E-state index contributed by atoms with van der Waals surface area (Å²) >= 11 is 1.99. The van der Waals surface area contributed by atoms with E-state index in [1.807, 2.05) is 17.8 Å². The minimum absolute atomic E-state index is 0.429. The van der Waals surface area contributed by atoms with Crippen molar-refractivity contribution in [1.82, 2.24) is 5.32 Å². The van der Waals surface area contributed by atoms with Gasteiger partial charge in [0.25, 0.3) is 0 Å². The molecule has 16 heavy (non-hydrogen) atoms. The van der Waals surface area contributed by atoms with Crippen LogP contribution in [0.25, 0.3) is 0 Å². The summed E-state index contributed by atoms with van der Waals surface area (Å²) in [6.07, 6.45) is 0. The van der Waals surface area contributed by atoms with Gasteiger partial charge in [-0.05, 0) is 17.7 Å². The van der Waals surface area contributed by atoms with Crippen LogP contribution >= 0.6 is 11.8 Å². The Kier molecular flexibility index (Phi) is 3.96. The summed E-state index contributed by atoms with van der Waals surface area (Å²) in [5, 5.41) is 3.51. The lowest BCUT2D eigenvalue weighted by Gasteiger charge is -2.24. The molecule has 0 bridgehead atoms. The van der Waals surface area contributed by atoms with Gasteiger partial charge in [-0.25, -0.2) is 0 Å². The minimum atomic E-state index is 0.429. The molecule has 1 aliphatic rings. The van der Waals surface area contributed by atoms with Gasteiger partial charge in [0.1, 0.15) is 0 Å². The summed E-state index contributed by atoms with van der Waals surface area (Å²) in [4.78, 5) is 0. The lowest BCUT2D eigenvalue weighted by atomic mass is 10.1. The second-order valence-corrected chi connectivity index (χ2v) is 4.85. The summed E-state index contributed by atoms with van der Waals surface area (Å²) in [5.41, 5.74) is 1.27. The molecule has 0 aromatic heterocycles. The predicted molar refractivity (Wildman–Crippen MR) is 67.6 cm³/mol. The largest absolute Gasteiger partial charge is 0.493 e. The van der Waals surface area contributed by atoms with Gasteiger partial charge in [-0.15, -0.1) is 0 Å². The minimum Gasteiger partial charge on any atom is -0.493 e. The molecule has 0 radical (unpaired) electrons. The molecule has 1 N–H and O–H groups in total. The molecule has 1 unspecified atom stereocenters. The number of benzene rings is 1. The molecule has 0 spiro atoms. The van der Waals surface area contributed by atoms with Crippen molar-refractivity contribution in [3.05, 3.63) is 23.8 Å². The fourth-order valence-electron chi connectivity index (χ4n) is 1.85. The Labute approximate surface area is 101 Å². The standard InChI is InChI=1S/C12H17NO2S/c1-14-11-4-3-9(7-12(11)15-2)10-8-16-6-5-13-10/h3-4,7,10,13H,5-6,8H2,1-2H3. The van der Waals surface area contributed by atoms with Crippen LogP contribution in [-0.4, -0.2) is 32.3 Å². The van der Waals surface area contributed by atoms with Gasteiger partial charge in [-0.1, -0.05) is 6.07 Å². The number of hydrogen-bond donors (Lipinski definition) is 1. The Morgan fingerprint density at radius 2 is 2.06 bits per heavy atom. The smallest absolute Gasteiger partial charge is 0.161 e. The van der Waals surface area contributed by atoms with Gasteiger partial charge < -0.3 is 14.8 Å². The molecule has 1 aromatic carbocycles. The van der Waals surface area contributed by atoms with Gasteiger partial charge in [-0.3, -0.25) is 0 Å². The molecular formula is C12H17NO2S. The zero-order valence-electron chi connectivity index (χ0n) is 9.66. The molecule has 88 valence electrons. The molecule has 1 atom stereocenters. The van der Waals surface area contributed by atoms with E-state index >= 15 is 0 Å². The summed E-state index contributed by atoms with van der Waals surface area (Å²) in [7, 11) is 3.33. The second kappa shape index (κ2) is 5.46. The normalized spacial score (nSPS) is 20.5. The molecule has 3 nitrogen and oxygen atoms in total. The average Bonchev–Trinajstić information content (AvgIpc) is 2.39. The van der Waals surface area contributed by atoms with E-state index in [0.717, 1.165) is 23.8 Å². The van der Waals surface area contributed by atoms with E-state index in [1.54, 1.807) is 14.2 Å². The van der Waals surface area contributed by atoms with E-state index in [-0.39, 0.29) is 0 Å². The summed E-state index contributed by atoms with van der Waals surface area (Å²) in [6, 6.07) is 6.56. The maximum Gasteiger partial charge on any atom is 0.161 e. The maximum atomic E-state index is 5.31. The third kappa shape index (κ3) is 2.44. The second-order valence-electron chi connectivity index (χ2n) is 3.70. The maximum absolute atomic E-state index is 5.31. The molecule has 1 fully saturated rings. The van der Waals surface area contributed by atoms with Gasteiger partial charge >= 0.3 is 0 Å². The number of hydrogen-bond acceptors (Lipinski definition) is 4. The summed E-state index contributed by atoms with van der Waals surface area (Å²) < 4.78 is 10.5. The highest BCUT2D eigenvalue weighted by Gasteiger charge is 2.16. The van der Waals surface area contributed by atoms with Crippen LogP contribution in [0.4, 0.5) is 0 Å². The molecule has 1 heterocycles. The average molecular weight is 239 g/mol. The van der Waals surface area contributed by atoms with E-state index < -0.39 is 0 Å². The molecule has 1 aromatic rings. The number of ether oxygens (including phenoxy) is 2. The molecule has 0 aliphatic carbocycles. The quantitative estimate of drug-likeness (QED) is 0.875. The molecule has 0 amide bonds. The van der Waals surface area contributed by atoms with E-state index in [9.17, 15) is 0 Å². The number of nitrogens with one attached hydrogen (secondary N) is 1. The Morgan fingerprint density at radius 1 is 1.25 bits per heavy atom. The van der Waals surface area contributed by atoms with Gasteiger partial charge in [0.2, 0.25) is 0 Å². The lowest BCUT2D eigenvalue weighted by molar-refractivity contribution is 0.354. The molecule has 1 aliphatic heterocycles. The van der Waals surface area contributed by atoms with Crippen molar-refractivity contribution in [2.45, 2.75) is 6.04 Å². The first-order valence-electron chi connectivity index (χ1n) is 5.38. The Morgan fingerprint density at radius 3 is 2.69 bits per heavy atom. The van der Waals surface area contributed by atoms with E-state index in [1.165, 1.54) is 11.3 Å². The van der Waals surface area contributed by atoms with Crippen molar-refractivity contribution in [2.24, 2.45) is 0 Å². The van der Waals surface area contributed by atoms with Crippen LogP contribution in [0.3, 0.4) is 0 Å². The fourth-order valence-corrected chi connectivity index (χ4v) is 2.82. The first kappa shape index (κ1) is 11.6. The zero-order chi connectivity index (χ0) is 11.4. The first-order chi connectivity index (χ1) is 7.85. The van der Waals surface area contributed by atoms with Gasteiger partial charge in [0.15, 0.2) is 11.5 Å². The molecule has 0 saturated carbocycles. The summed E-state index contributed by atoms with van der Waals surface area (Å²) in [6.45, 7) is 1.07. The molecule has 2 rings (SSSR count). The van der Waals surface area contributed by atoms with Crippen LogP contribution in [0.15, 0.2) is 18.2 Å². The number of rotatable bonds is 3. The lowest BCUT2D eigenvalue weighted by Crippen LogP contribution is -2.30. The fraction of sp³-hybridized carbons (Fsp3) is 0.500. The predicted octanol–water partition coefficient (Wildman–Crippen LogP) is 2.08. The van der Waals surface area contributed by atoms with E-state index in [0.29, 0.717) is 6.04 Å². The third-order valence-electron chi connectivity index (χ3n) is 2.73.